The zero-order valence-electron chi connectivity index (χ0n) is 13.5. The molecule has 0 aromatic heterocycles. The molecule has 1 aromatic carbocycles. The number of hydrogen-bond donors (Lipinski definition) is 1. The highest BCUT2D eigenvalue weighted by molar-refractivity contribution is 5.70. The van der Waals surface area contributed by atoms with Gasteiger partial charge in [-0.25, -0.2) is 0 Å². The van der Waals surface area contributed by atoms with E-state index in [1.165, 1.54) is 0 Å². The van der Waals surface area contributed by atoms with E-state index in [4.69, 9.17) is 14.6 Å². The number of benzene rings is 1. The van der Waals surface area contributed by atoms with Gasteiger partial charge in [-0.3, -0.25) is 9.59 Å². The Morgan fingerprint density at radius 1 is 0.826 bits per heavy atom. The number of carbonyl (C=O) groups excluding carboxylic acids is 2. The van der Waals surface area contributed by atoms with Crippen LogP contribution in [-0.2, 0) is 25.7 Å². The Morgan fingerprint density at radius 2 is 1.48 bits per heavy atom. The normalized spacial score (nSPS) is 10.3. The topological polar surface area (TPSA) is 72.8 Å². The van der Waals surface area contributed by atoms with E-state index in [1.807, 2.05) is 30.3 Å². The molecule has 0 saturated carbocycles. The van der Waals surface area contributed by atoms with Crippen molar-refractivity contribution in [1.82, 2.24) is 0 Å². The first kappa shape index (κ1) is 19.2. The van der Waals surface area contributed by atoms with Crippen molar-refractivity contribution >= 4 is 11.9 Å². The molecule has 0 saturated heterocycles. The van der Waals surface area contributed by atoms with Crippen LogP contribution in [0.25, 0.3) is 0 Å². The SMILES string of the molecule is O=C(CCCCC(=O)OCc1ccccc1)OCCCCCO. The zero-order chi connectivity index (χ0) is 16.8. The lowest BCUT2D eigenvalue weighted by Crippen LogP contribution is -2.07. The number of esters is 2. The van der Waals surface area contributed by atoms with E-state index in [0.717, 1.165) is 24.8 Å². The third-order valence-electron chi connectivity index (χ3n) is 3.32. The summed E-state index contributed by atoms with van der Waals surface area (Å²) in [6.45, 7) is 0.863. The van der Waals surface area contributed by atoms with E-state index in [-0.39, 0.29) is 25.2 Å². The predicted octanol–water partition coefficient (Wildman–Crippen LogP) is 3.00. The summed E-state index contributed by atoms with van der Waals surface area (Å²) in [6, 6.07) is 9.53. The number of aliphatic hydroxyl groups is 1. The molecule has 0 atom stereocenters. The second-order valence-electron chi connectivity index (χ2n) is 5.36. The first-order chi connectivity index (χ1) is 11.2. The van der Waals surface area contributed by atoms with Crippen LogP contribution in [0.3, 0.4) is 0 Å². The van der Waals surface area contributed by atoms with E-state index in [1.54, 1.807) is 0 Å². The molecular formula is C18H26O5. The van der Waals surface area contributed by atoms with Crippen LogP contribution in [0.5, 0.6) is 0 Å². The lowest BCUT2D eigenvalue weighted by molar-refractivity contribution is -0.146. The smallest absolute Gasteiger partial charge is 0.306 e. The number of hydrogen-bond acceptors (Lipinski definition) is 5. The number of ether oxygens (including phenoxy) is 2. The van der Waals surface area contributed by atoms with E-state index in [2.05, 4.69) is 0 Å². The van der Waals surface area contributed by atoms with Crippen LogP contribution in [0.1, 0.15) is 50.5 Å². The van der Waals surface area contributed by atoms with Crippen molar-refractivity contribution in [2.75, 3.05) is 13.2 Å². The molecule has 0 bridgehead atoms. The fourth-order valence-electron chi connectivity index (χ4n) is 2.00. The molecule has 0 unspecified atom stereocenters. The molecule has 5 nitrogen and oxygen atoms in total. The Morgan fingerprint density at radius 3 is 2.13 bits per heavy atom. The maximum atomic E-state index is 11.6. The first-order valence-electron chi connectivity index (χ1n) is 8.18. The second-order valence-corrected chi connectivity index (χ2v) is 5.36. The zero-order valence-corrected chi connectivity index (χ0v) is 13.5. The summed E-state index contributed by atoms with van der Waals surface area (Å²) in [4.78, 5) is 23.0. The molecule has 5 heteroatoms. The van der Waals surface area contributed by atoms with Gasteiger partial charge in [0.05, 0.1) is 6.61 Å². The number of rotatable bonds is 12. The number of carbonyl (C=O) groups is 2. The molecule has 0 aliphatic heterocycles. The van der Waals surface area contributed by atoms with Gasteiger partial charge in [-0.1, -0.05) is 30.3 Å². The van der Waals surface area contributed by atoms with Crippen molar-refractivity contribution in [1.29, 1.82) is 0 Å². The minimum Gasteiger partial charge on any atom is -0.466 e. The number of aliphatic hydroxyl groups excluding tert-OH is 1. The van der Waals surface area contributed by atoms with Gasteiger partial charge in [-0.2, -0.15) is 0 Å². The van der Waals surface area contributed by atoms with Crippen molar-refractivity contribution in [3.8, 4) is 0 Å². The standard InChI is InChI=1S/C18H26O5/c19-13-7-2-8-14-22-17(20)11-5-6-12-18(21)23-15-16-9-3-1-4-10-16/h1,3-4,9-10,19H,2,5-8,11-15H2. The fourth-order valence-corrected chi connectivity index (χ4v) is 2.00. The Bertz CT molecular complexity index is 444. The van der Waals surface area contributed by atoms with Crippen LogP contribution in [0.4, 0.5) is 0 Å². The van der Waals surface area contributed by atoms with Gasteiger partial charge in [0, 0.05) is 19.4 Å². The molecule has 128 valence electrons. The molecule has 1 aromatic rings. The van der Waals surface area contributed by atoms with Crippen LogP contribution in [-0.4, -0.2) is 30.3 Å². The van der Waals surface area contributed by atoms with Gasteiger partial charge in [0.2, 0.25) is 0 Å². The largest absolute Gasteiger partial charge is 0.466 e. The van der Waals surface area contributed by atoms with Crippen molar-refractivity contribution in [3.05, 3.63) is 35.9 Å². The van der Waals surface area contributed by atoms with E-state index < -0.39 is 0 Å². The molecule has 0 spiro atoms. The lowest BCUT2D eigenvalue weighted by Gasteiger charge is -2.06. The van der Waals surface area contributed by atoms with Gasteiger partial charge in [-0.15, -0.1) is 0 Å². The summed E-state index contributed by atoms with van der Waals surface area (Å²) in [5, 5.41) is 8.62. The van der Waals surface area contributed by atoms with Crippen molar-refractivity contribution < 1.29 is 24.2 Å². The summed E-state index contributed by atoms with van der Waals surface area (Å²) in [7, 11) is 0. The summed E-state index contributed by atoms with van der Waals surface area (Å²) >= 11 is 0. The molecule has 0 radical (unpaired) electrons. The highest BCUT2D eigenvalue weighted by atomic mass is 16.5. The van der Waals surface area contributed by atoms with Crippen molar-refractivity contribution in [2.24, 2.45) is 0 Å². The minimum atomic E-state index is -0.244. The second kappa shape index (κ2) is 12.6. The molecular weight excluding hydrogens is 296 g/mol. The average Bonchev–Trinajstić information content (AvgIpc) is 2.57. The quantitative estimate of drug-likeness (QED) is 0.473. The van der Waals surface area contributed by atoms with E-state index in [0.29, 0.717) is 32.3 Å². The molecule has 0 heterocycles. The van der Waals surface area contributed by atoms with Gasteiger partial charge in [0.15, 0.2) is 0 Å². The molecule has 0 aliphatic carbocycles. The maximum absolute atomic E-state index is 11.6. The fraction of sp³-hybridized carbons (Fsp3) is 0.556. The predicted molar refractivity (Wildman–Crippen MR) is 86.6 cm³/mol. The van der Waals surface area contributed by atoms with Crippen LogP contribution in [0.2, 0.25) is 0 Å². The summed E-state index contributed by atoms with van der Waals surface area (Å²) in [5.74, 6) is -0.474. The van der Waals surface area contributed by atoms with Crippen molar-refractivity contribution in [3.63, 3.8) is 0 Å². The van der Waals surface area contributed by atoms with Crippen LogP contribution in [0, 0.1) is 0 Å². The average molecular weight is 322 g/mol. The highest BCUT2D eigenvalue weighted by Crippen LogP contribution is 2.06. The van der Waals surface area contributed by atoms with Gasteiger partial charge in [0.1, 0.15) is 6.61 Å². The third-order valence-corrected chi connectivity index (χ3v) is 3.32. The van der Waals surface area contributed by atoms with E-state index >= 15 is 0 Å². The lowest BCUT2D eigenvalue weighted by atomic mass is 10.2. The Hall–Kier alpha value is -1.88. The molecule has 0 aliphatic rings. The van der Waals surface area contributed by atoms with Crippen LogP contribution >= 0.6 is 0 Å². The van der Waals surface area contributed by atoms with Gasteiger partial charge in [-0.05, 0) is 37.7 Å². The molecule has 1 N–H and O–H groups in total. The minimum absolute atomic E-state index is 0.175. The van der Waals surface area contributed by atoms with Crippen LogP contribution in [0.15, 0.2) is 30.3 Å². The van der Waals surface area contributed by atoms with Gasteiger partial charge in [0.25, 0.3) is 0 Å². The third kappa shape index (κ3) is 10.5. The number of unbranched alkanes of at least 4 members (excludes halogenated alkanes) is 3. The monoisotopic (exact) mass is 322 g/mol. The first-order valence-corrected chi connectivity index (χ1v) is 8.18. The van der Waals surface area contributed by atoms with Crippen molar-refractivity contribution in [2.45, 2.75) is 51.6 Å². The molecule has 23 heavy (non-hydrogen) atoms. The summed E-state index contributed by atoms with van der Waals surface area (Å²) in [6.07, 6.45) is 4.25. The molecule has 0 amide bonds. The van der Waals surface area contributed by atoms with E-state index in [9.17, 15) is 9.59 Å². The van der Waals surface area contributed by atoms with Gasteiger partial charge < -0.3 is 14.6 Å². The molecule has 0 fully saturated rings. The van der Waals surface area contributed by atoms with Gasteiger partial charge >= 0.3 is 11.9 Å². The summed E-state index contributed by atoms with van der Waals surface area (Å²) < 4.78 is 10.2. The Labute approximate surface area is 137 Å². The molecule has 1 rings (SSSR count). The maximum Gasteiger partial charge on any atom is 0.306 e. The Balaban J connectivity index is 1.97. The Kier molecular flexibility index (Phi) is 10.5. The van der Waals surface area contributed by atoms with Crippen LogP contribution < -0.4 is 0 Å². The summed E-state index contributed by atoms with van der Waals surface area (Å²) in [5.41, 5.74) is 0.964. The highest BCUT2D eigenvalue weighted by Gasteiger charge is 2.06.